The molecule has 0 fully saturated rings. The molecular weight excluding hydrogens is 370 g/mol. The Morgan fingerprint density at radius 2 is 1.69 bits per heavy atom. The fourth-order valence-corrected chi connectivity index (χ4v) is 2.94. The standard InChI is InChI=1S/C23H29NO5/c1-6-15(2)18-9-7-8-10-19(18)24-23(26)16(3)29-22(25)14-17-11-12-20(27-4)21(13-17)28-5/h7-13,15-16H,6,14H2,1-5H3,(H,24,26)/t15-,16+/m1/s1. The van der Waals surface area contributed by atoms with Crippen LogP contribution in [-0.4, -0.2) is 32.2 Å². The van der Waals surface area contributed by atoms with Crippen molar-refractivity contribution in [2.45, 2.75) is 45.6 Å². The van der Waals surface area contributed by atoms with Crippen molar-refractivity contribution < 1.29 is 23.8 Å². The first-order chi connectivity index (χ1) is 13.9. The molecule has 0 bridgehead atoms. The highest BCUT2D eigenvalue weighted by atomic mass is 16.5. The summed E-state index contributed by atoms with van der Waals surface area (Å²) in [6.07, 6.45) is 0.0807. The van der Waals surface area contributed by atoms with Crippen molar-refractivity contribution in [2.75, 3.05) is 19.5 Å². The van der Waals surface area contributed by atoms with Gasteiger partial charge in [-0.25, -0.2) is 0 Å². The first-order valence-corrected chi connectivity index (χ1v) is 9.69. The van der Waals surface area contributed by atoms with Gasteiger partial charge in [0.15, 0.2) is 17.6 Å². The molecule has 0 aromatic heterocycles. The predicted molar refractivity (Wildman–Crippen MR) is 113 cm³/mol. The van der Waals surface area contributed by atoms with Gasteiger partial charge in [-0.15, -0.1) is 0 Å². The molecule has 2 rings (SSSR count). The van der Waals surface area contributed by atoms with E-state index in [9.17, 15) is 9.59 Å². The molecule has 0 radical (unpaired) electrons. The summed E-state index contributed by atoms with van der Waals surface area (Å²) in [5, 5.41) is 2.88. The number of nitrogens with one attached hydrogen (secondary N) is 1. The van der Waals surface area contributed by atoms with E-state index in [-0.39, 0.29) is 12.3 Å². The minimum absolute atomic E-state index is 0.0292. The number of hydrogen-bond donors (Lipinski definition) is 1. The third-order valence-corrected chi connectivity index (χ3v) is 4.84. The van der Waals surface area contributed by atoms with E-state index in [4.69, 9.17) is 14.2 Å². The number of carbonyl (C=O) groups excluding carboxylic acids is 2. The molecular formula is C23H29NO5. The molecule has 0 unspecified atom stereocenters. The van der Waals surface area contributed by atoms with Crippen molar-refractivity contribution in [3.8, 4) is 11.5 Å². The Kier molecular flexibility index (Phi) is 8.07. The number of esters is 1. The third kappa shape index (κ3) is 5.98. The molecule has 29 heavy (non-hydrogen) atoms. The molecule has 0 aliphatic rings. The monoisotopic (exact) mass is 399 g/mol. The largest absolute Gasteiger partial charge is 0.493 e. The molecule has 2 atom stereocenters. The van der Waals surface area contributed by atoms with Gasteiger partial charge in [0.1, 0.15) is 0 Å². The van der Waals surface area contributed by atoms with E-state index >= 15 is 0 Å². The van der Waals surface area contributed by atoms with Gasteiger partial charge in [-0.1, -0.05) is 38.1 Å². The molecule has 0 aliphatic carbocycles. The third-order valence-electron chi connectivity index (χ3n) is 4.84. The van der Waals surface area contributed by atoms with E-state index in [1.807, 2.05) is 24.3 Å². The van der Waals surface area contributed by atoms with E-state index in [0.29, 0.717) is 23.0 Å². The minimum atomic E-state index is -0.910. The highest BCUT2D eigenvalue weighted by Crippen LogP contribution is 2.28. The van der Waals surface area contributed by atoms with E-state index < -0.39 is 12.1 Å². The van der Waals surface area contributed by atoms with Crippen LogP contribution in [0.2, 0.25) is 0 Å². The van der Waals surface area contributed by atoms with Crippen LogP contribution in [0.25, 0.3) is 0 Å². The summed E-state index contributed by atoms with van der Waals surface area (Å²) in [5.74, 6) is 0.577. The topological polar surface area (TPSA) is 73.9 Å². The minimum Gasteiger partial charge on any atom is -0.493 e. The maximum Gasteiger partial charge on any atom is 0.311 e. The zero-order valence-corrected chi connectivity index (χ0v) is 17.7. The molecule has 0 aliphatic heterocycles. The normalized spacial score (nSPS) is 12.6. The molecule has 1 N–H and O–H groups in total. The van der Waals surface area contributed by atoms with Gasteiger partial charge in [-0.3, -0.25) is 9.59 Å². The van der Waals surface area contributed by atoms with Crippen LogP contribution in [0.1, 0.15) is 44.2 Å². The Morgan fingerprint density at radius 3 is 2.34 bits per heavy atom. The fourth-order valence-electron chi connectivity index (χ4n) is 2.94. The van der Waals surface area contributed by atoms with E-state index in [0.717, 1.165) is 17.7 Å². The summed E-state index contributed by atoms with van der Waals surface area (Å²) in [5.41, 5.74) is 2.52. The van der Waals surface area contributed by atoms with Crippen LogP contribution in [0.15, 0.2) is 42.5 Å². The van der Waals surface area contributed by atoms with Crippen LogP contribution < -0.4 is 14.8 Å². The Labute approximate surface area is 172 Å². The molecule has 0 heterocycles. The molecule has 1 amide bonds. The molecule has 6 nitrogen and oxygen atoms in total. The van der Waals surface area contributed by atoms with Gasteiger partial charge in [-0.05, 0) is 48.6 Å². The van der Waals surface area contributed by atoms with E-state index in [2.05, 4.69) is 19.2 Å². The maximum absolute atomic E-state index is 12.5. The molecule has 0 saturated carbocycles. The van der Waals surface area contributed by atoms with Crippen LogP contribution >= 0.6 is 0 Å². The number of carbonyl (C=O) groups is 2. The second-order valence-electron chi connectivity index (χ2n) is 6.88. The van der Waals surface area contributed by atoms with Crippen molar-refractivity contribution in [3.05, 3.63) is 53.6 Å². The van der Waals surface area contributed by atoms with Crippen LogP contribution in [-0.2, 0) is 20.7 Å². The maximum atomic E-state index is 12.5. The number of rotatable bonds is 9. The summed E-state index contributed by atoms with van der Waals surface area (Å²) in [7, 11) is 3.08. The van der Waals surface area contributed by atoms with Gasteiger partial charge in [0.25, 0.3) is 5.91 Å². The number of amides is 1. The highest BCUT2D eigenvalue weighted by molar-refractivity contribution is 5.95. The lowest BCUT2D eigenvalue weighted by Gasteiger charge is -2.18. The zero-order chi connectivity index (χ0) is 21.4. The average molecular weight is 399 g/mol. The smallest absolute Gasteiger partial charge is 0.311 e. The van der Waals surface area contributed by atoms with Gasteiger partial charge in [0, 0.05) is 5.69 Å². The first kappa shape index (κ1) is 22.3. The van der Waals surface area contributed by atoms with Crippen molar-refractivity contribution in [1.29, 1.82) is 0 Å². The summed E-state index contributed by atoms with van der Waals surface area (Å²) in [6, 6.07) is 12.9. The van der Waals surface area contributed by atoms with Crippen molar-refractivity contribution in [2.24, 2.45) is 0 Å². The van der Waals surface area contributed by atoms with Crippen LogP contribution in [0.3, 0.4) is 0 Å². The summed E-state index contributed by atoms with van der Waals surface area (Å²) in [4.78, 5) is 24.8. The highest BCUT2D eigenvalue weighted by Gasteiger charge is 2.20. The second-order valence-corrected chi connectivity index (χ2v) is 6.88. The summed E-state index contributed by atoms with van der Waals surface area (Å²) < 4.78 is 15.8. The van der Waals surface area contributed by atoms with Gasteiger partial charge in [-0.2, -0.15) is 0 Å². The summed E-state index contributed by atoms with van der Waals surface area (Å²) in [6.45, 7) is 5.77. The second kappa shape index (κ2) is 10.5. The van der Waals surface area contributed by atoms with E-state index in [1.165, 1.54) is 7.11 Å². The lowest BCUT2D eigenvalue weighted by Crippen LogP contribution is -2.30. The SMILES string of the molecule is CC[C@@H](C)c1ccccc1NC(=O)[C@H](C)OC(=O)Cc1ccc(OC)c(OC)c1. The lowest BCUT2D eigenvalue weighted by atomic mass is 9.97. The van der Waals surface area contributed by atoms with E-state index in [1.54, 1.807) is 32.2 Å². The number of para-hydroxylation sites is 1. The fraction of sp³-hybridized carbons (Fsp3) is 0.391. The molecule has 6 heteroatoms. The molecule has 2 aromatic rings. The number of ether oxygens (including phenoxy) is 3. The van der Waals surface area contributed by atoms with Crippen molar-refractivity contribution >= 4 is 17.6 Å². The molecule has 0 saturated heterocycles. The van der Waals surface area contributed by atoms with Crippen LogP contribution in [0, 0.1) is 0 Å². The Bertz CT molecular complexity index is 849. The molecule has 2 aromatic carbocycles. The Hall–Kier alpha value is -3.02. The van der Waals surface area contributed by atoms with Gasteiger partial charge >= 0.3 is 5.97 Å². The van der Waals surface area contributed by atoms with Crippen molar-refractivity contribution in [1.82, 2.24) is 0 Å². The average Bonchev–Trinajstić information content (AvgIpc) is 2.73. The quantitative estimate of drug-likeness (QED) is 0.635. The van der Waals surface area contributed by atoms with Gasteiger partial charge < -0.3 is 19.5 Å². The summed E-state index contributed by atoms with van der Waals surface area (Å²) >= 11 is 0. The Balaban J connectivity index is 1.99. The van der Waals surface area contributed by atoms with Gasteiger partial charge in [0.2, 0.25) is 0 Å². The number of methoxy groups -OCH3 is 2. The predicted octanol–water partition coefficient (Wildman–Crippen LogP) is 4.33. The lowest BCUT2D eigenvalue weighted by molar-refractivity contribution is -0.152. The number of anilines is 1. The molecule has 0 spiro atoms. The van der Waals surface area contributed by atoms with Crippen molar-refractivity contribution in [3.63, 3.8) is 0 Å². The van der Waals surface area contributed by atoms with Crippen LogP contribution in [0.4, 0.5) is 5.69 Å². The zero-order valence-electron chi connectivity index (χ0n) is 17.7. The first-order valence-electron chi connectivity index (χ1n) is 9.69. The van der Waals surface area contributed by atoms with Gasteiger partial charge in [0.05, 0.1) is 20.6 Å². The Morgan fingerprint density at radius 1 is 1.00 bits per heavy atom. The number of benzene rings is 2. The van der Waals surface area contributed by atoms with Crippen LogP contribution in [0.5, 0.6) is 11.5 Å². The molecule has 156 valence electrons. The number of hydrogen-bond acceptors (Lipinski definition) is 5.